The minimum atomic E-state index is -0.879. The Labute approximate surface area is 193 Å². The van der Waals surface area contributed by atoms with Gasteiger partial charge in [-0.15, -0.1) is 0 Å². The molecule has 1 heterocycles. The lowest BCUT2D eigenvalue weighted by Gasteiger charge is -2.26. The van der Waals surface area contributed by atoms with E-state index in [-0.39, 0.29) is 30.9 Å². The minimum Gasteiger partial charge on any atom is -0.481 e. The number of rotatable bonds is 6. The van der Waals surface area contributed by atoms with Gasteiger partial charge in [-0.2, -0.15) is 0 Å². The molecule has 1 aliphatic carbocycles. The van der Waals surface area contributed by atoms with Crippen molar-refractivity contribution in [3.63, 3.8) is 0 Å². The third-order valence-electron chi connectivity index (χ3n) is 7.07. The number of benzene rings is 2. The van der Waals surface area contributed by atoms with Crippen molar-refractivity contribution in [3.05, 3.63) is 59.7 Å². The van der Waals surface area contributed by atoms with Crippen molar-refractivity contribution < 1.29 is 24.2 Å². The smallest absolute Gasteiger partial charge is 0.407 e. The summed E-state index contributed by atoms with van der Waals surface area (Å²) in [6.07, 6.45) is -0.567. The van der Waals surface area contributed by atoms with E-state index < -0.39 is 29.9 Å². The molecule has 2 aromatic rings. The van der Waals surface area contributed by atoms with Gasteiger partial charge in [-0.05, 0) is 35.1 Å². The number of carbonyl (C=O) groups is 3. The van der Waals surface area contributed by atoms with Gasteiger partial charge in [-0.1, -0.05) is 62.4 Å². The highest BCUT2D eigenvalue weighted by molar-refractivity contribution is 5.82. The number of alkyl carbamates (subject to hydrolysis) is 1. The molecule has 7 nitrogen and oxygen atoms in total. The first kappa shape index (κ1) is 22.8. The highest BCUT2D eigenvalue weighted by Gasteiger charge is 2.39. The van der Waals surface area contributed by atoms with Crippen molar-refractivity contribution in [1.29, 1.82) is 0 Å². The van der Waals surface area contributed by atoms with Crippen LogP contribution < -0.4 is 5.32 Å². The highest BCUT2D eigenvalue weighted by Crippen LogP contribution is 2.44. The summed E-state index contributed by atoms with van der Waals surface area (Å²) in [5, 5.41) is 12.1. The SMILES string of the molecule is CC1CN(C(=O)C(C)C(C)NC(=O)OCC2c3ccccc3-c3ccccc32)CC1C(=O)O. The summed E-state index contributed by atoms with van der Waals surface area (Å²) in [4.78, 5) is 38.3. The third-order valence-corrected chi connectivity index (χ3v) is 7.07. The van der Waals surface area contributed by atoms with Gasteiger partial charge in [0.25, 0.3) is 0 Å². The molecule has 0 bridgehead atoms. The molecule has 0 aromatic heterocycles. The molecule has 174 valence electrons. The number of fused-ring (bicyclic) bond motifs is 3. The van der Waals surface area contributed by atoms with Gasteiger partial charge in [-0.3, -0.25) is 9.59 Å². The van der Waals surface area contributed by atoms with Crippen molar-refractivity contribution in [2.45, 2.75) is 32.7 Å². The fraction of sp³-hybridized carbons (Fsp3) is 0.423. The molecule has 2 amide bonds. The van der Waals surface area contributed by atoms with Gasteiger partial charge < -0.3 is 20.1 Å². The van der Waals surface area contributed by atoms with Crippen molar-refractivity contribution in [3.8, 4) is 11.1 Å². The second-order valence-corrected chi connectivity index (χ2v) is 9.21. The Morgan fingerprint density at radius 3 is 2.15 bits per heavy atom. The zero-order valence-electron chi connectivity index (χ0n) is 19.2. The molecule has 2 aliphatic rings. The maximum absolute atomic E-state index is 12.9. The van der Waals surface area contributed by atoms with Crippen LogP contribution in [0.15, 0.2) is 48.5 Å². The van der Waals surface area contributed by atoms with Crippen LogP contribution in [0.4, 0.5) is 4.79 Å². The number of nitrogens with zero attached hydrogens (tertiary/aromatic N) is 1. The number of aliphatic carboxylic acids is 1. The van der Waals surface area contributed by atoms with Crippen LogP contribution in [0.5, 0.6) is 0 Å². The second kappa shape index (κ2) is 9.25. The van der Waals surface area contributed by atoms with Crippen molar-refractivity contribution in [2.24, 2.45) is 17.8 Å². The van der Waals surface area contributed by atoms with Crippen LogP contribution in [0, 0.1) is 17.8 Å². The van der Waals surface area contributed by atoms with Crippen LogP contribution in [0.2, 0.25) is 0 Å². The zero-order valence-corrected chi connectivity index (χ0v) is 19.2. The van der Waals surface area contributed by atoms with Crippen LogP contribution in [0.25, 0.3) is 11.1 Å². The Morgan fingerprint density at radius 2 is 1.61 bits per heavy atom. The standard InChI is InChI=1S/C26H30N2O5/c1-15-12-28(13-22(15)25(30)31)24(29)16(2)17(3)27-26(32)33-14-23-20-10-6-4-8-18(20)19-9-5-7-11-21(19)23/h4-11,15-17,22-23H,12-14H2,1-3H3,(H,27,32)(H,30,31). The van der Waals surface area contributed by atoms with Crippen molar-refractivity contribution in [2.75, 3.05) is 19.7 Å². The number of carbonyl (C=O) groups excluding carboxylic acids is 2. The van der Waals surface area contributed by atoms with E-state index in [1.165, 1.54) is 0 Å². The highest BCUT2D eigenvalue weighted by atomic mass is 16.5. The maximum Gasteiger partial charge on any atom is 0.407 e. The van der Waals surface area contributed by atoms with E-state index in [1.807, 2.05) is 31.2 Å². The number of carboxylic acid groups (broad SMARTS) is 1. The Kier molecular flexibility index (Phi) is 6.40. The van der Waals surface area contributed by atoms with Crippen LogP contribution >= 0.6 is 0 Å². The molecule has 1 saturated heterocycles. The number of carboxylic acids is 1. The van der Waals surface area contributed by atoms with E-state index in [1.54, 1.807) is 18.7 Å². The van der Waals surface area contributed by atoms with Gasteiger partial charge in [0.1, 0.15) is 6.61 Å². The van der Waals surface area contributed by atoms with Gasteiger partial charge in [0.05, 0.1) is 11.8 Å². The lowest BCUT2D eigenvalue weighted by atomic mass is 9.98. The summed E-state index contributed by atoms with van der Waals surface area (Å²) in [6.45, 7) is 6.18. The van der Waals surface area contributed by atoms with E-state index in [0.29, 0.717) is 6.54 Å². The topological polar surface area (TPSA) is 95.9 Å². The van der Waals surface area contributed by atoms with E-state index in [0.717, 1.165) is 22.3 Å². The number of ether oxygens (including phenoxy) is 1. The lowest BCUT2D eigenvalue weighted by molar-refractivity contribution is -0.142. The first-order chi connectivity index (χ1) is 15.8. The molecular weight excluding hydrogens is 420 g/mol. The molecule has 0 radical (unpaired) electrons. The quantitative estimate of drug-likeness (QED) is 0.699. The Bertz CT molecular complexity index is 1020. The minimum absolute atomic E-state index is 0.0310. The third kappa shape index (κ3) is 4.45. The predicted octanol–water partition coefficient (Wildman–Crippen LogP) is 3.73. The summed E-state index contributed by atoms with van der Waals surface area (Å²) in [7, 11) is 0. The van der Waals surface area contributed by atoms with Crippen LogP contribution in [-0.2, 0) is 14.3 Å². The number of nitrogens with one attached hydrogen (secondary N) is 1. The predicted molar refractivity (Wildman–Crippen MR) is 124 cm³/mol. The first-order valence-corrected chi connectivity index (χ1v) is 11.4. The van der Waals surface area contributed by atoms with Crippen molar-refractivity contribution in [1.82, 2.24) is 10.2 Å². The molecule has 2 aromatic carbocycles. The Balaban J connectivity index is 1.34. The maximum atomic E-state index is 12.9. The summed E-state index contributed by atoms with van der Waals surface area (Å²) < 4.78 is 5.58. The first-order valence-electron chi connectivity index (χ1n) is 11.4. The van der Waals surface area contributed by atoms with Crippen LogP contribution in [0.3, 0.4) is 0 Å². The summed E-state index contributed by atoms with van der Waals surface area (Å²) in [5.74, 6) is -2.20. The summed E-state index contributed by atoms with van der Waals surface area (Å²) in [6, 6.07) is 15.8. The normalized spacial score (nSPS) is 21.1. The average molecular weight is 451 g/mol. The fourth-order valence-corrected chi connectivity index (χ4v) is 4.92. The molecule has 2 N–H and O–H groups in total. The molecular formula is C26H30N2O5. The average Bonchev–Trinajstić information content (AvgIpc) is 3.35. The number of hydrogen-bond acceptors (Lipinski definition) is 4. The summed E-state index contributed by atoms with van der Waals surface area (Å²) in [5.41, 5.74) is 4.60. The molecule has 0 spiro atoms. The molecule has 4 rings (SSSR count). The van der Waals surface area contributed by atoms with E-state index in [4.69, 9.17) is 4.74 Å². The summed E-state index contributed by atoms with van der Waals surface area (Å²) >= 11 is 0. The molecule has 4 atom stereocenters. The van der Waals surface area contributed by atoms with Crippen LogP contribution in [-0.4, -0.2) is 53.7 Å². The fourth-order valence-electron chi connectivity index (χ4n) is 4.92. The largest absolute Gasteiger partial charge is 0.481 e. The monoisotopic (exact) mass is 450 g/mol. The molecule has 7 heteroatoms. The lowest BCUT2D eigenvalue weighted by Crippen LogP contribution is -2.45. The number of amides is 2. The van der Waals surface area contributed by atoms with Gasteiger partial charge in [0, 0.05) is 25.0 Å². The van der Waals surface area contributed by atoms with Crippen LogP contribution in [0.1, 0.15) is 37.8 Å². The molecule has 1 fully saturated rings. The number of likely N-dealkylation sites (tertiary alicyclic amines) is 1. The Morgan fingerprint density at radius 1 is 1.03 bits per heavy atom. The van der Waals surface area contributed by atoms with Gasteiger partial charge in [0.2, 0.25) is 5.91 Å². The van der Waals surface area contributed by atoms with Gasteiger partial charge in [0.15, 0.2) is 0 Å². The van der Waals surface area contributed by atoms with E-state index >= 15 is 0 Å². The van der Waals surface area contributed by atoms with Crippen molar-refractivity contribution >= 4 is 18.0 Å². The molecule has 0 saturated carbocycles. The van der Waals surface area contributed by atoms with Gasteiger partial charge >= 0.3 is 12.1 Å². The van der Waals surface area contributed by atoms with Gasteiger partial charge in [-0.25, -0.2) is 4.79 Å². The second-order valence-electron chi connectivity index (χ2n) is 9.21. The van der Waals surface area contributed by atoms with E-state index in [9.17, 15) is 19.5 Å². The zero-order chi connectivity index (χ0) is 23.7. The molecule has 33 heavy (non-hydrogen) atoms. The van der Waals surface area contributed by atoms with E-state index in [2.05, 4.69) is 29.6 Å². The number of hydrogen-bond donors (Lipinski definition) is 2. The molecule has 4 unspecified atom stereocenters. The Hall–Kier alpha value is -3.35. The molecule has 1 aliphatic heterocycles.